The fourth-order valence-electron chi connectivity index (χ4n) is 3.95. The molecule has 0 saturated heterocycles. The number of rotatable bonds is 3. The molecular formula is C26H16F2O2. The van der Waals surface area contributed by atoms with Gasteiger partial charge in [-0.25, -0.2) is 13.6 Å². The summed E-state index contributed by atoms with van der Waals surface area (Å²) in [5.41, 5.74) is 1.24. The van der Waals surface area contributed by atoms with Crippen LogP contribution in [0.1, 0.15) is 11.1 Å². The van der Waals surface area contributed by atoms with E-state index in [9.17, 15) is 13.6 Å². The molecule has 30 heavy (non-hydrogen) atoms. The van der Waals surface area contributed by atoms with Crippen LogP contribution in [-0.2, 0) is 4.79 Å². The van der Waals surface area contributed by atoms with Gasteiger partial charge in [0.1, 0.15) is 5.75 Å². The van der Waals surface area contributed by atoms with Crippen LogP contribution >= 0.6 is 0 Å². The standard InChI is InChI=1S/C26H16F2O2/c1-15-20-10-9-18-4-2-3-17-7-8-19(26(20)25(17)18)14-23(15)30-24(29)12-6-16-5-11-21(27)22(28)13-16/h2-14H,1H3. The highest BCUT2D eigenvalue weighted by Crippen LogP contribution is 2.39. The first kappa shape index (κ1) is 18.3. The number of aryl methyl sites for hydroxylation is 1. The van der Waals surface area contributed by atoms with Gasteiger partial charge in [-0.2, -0.15) is 0 Å². The Kier molecular flexibility index (Phi) is 4.21. The van der Waals surface area contributed by atoms with Crippen molar-refractivity contribution in [1.82, 2.24) is 0 Å². The van der Waals surface area contributed by atoms with Gasteiger partial charge >= 0.3 is 5.97 Å². The van der Waals surface area contributed by atoms with Gasteiger partial charge in [-0.05, 0) is 74.6 Å². The summed E-state index contributed by atoms with van der Waals surface area (Å²) in [6, 6.07) is 19.7. The second-order valence-corrected chi connectivity index (χ2v) is 7.28. The highest BCUT2D eigenvalue weighted by molar-refractivity contribution is 6.24. The Labute approximate surface area is 171 Å². The lowest BCUT2D eigenvalue weighted by Gasteiger charge is -2.15. The fourth-order valence-corrected chi connectivity index (χ4v) is 3.95. The molecule has 0 aromatic heterocycles. The van der Waals surface area contributed by atoms with E-state index < -0.39 is 17.6 Å². The molecule has 0 aliphatic heterocycles. The maximum absolute atomic E-state index is 13.3. The van der Waals surface area contributed by atoms with E-state index in [2.05, 4.69) is 24.3 Å². The largest absolute Gasteiger partial charge is 0.423 e. The van der Waals surface area contributed by atoms with E-state index in [0.717, 1.165) is 33.9 Å². The van der Waals surface area contributed by atoms with Crippen molar-refractivity contribution < 1.29 is 18.3 Å². The first-order chi connectivity index (χ1) is 14.5. The molecule has 0 radical (unpaired) electrons. The molecule has 0 heterocycles. The lowest BCUT2D eigenvalue weighted by atomic mass is 9.92. The van der Waals surface area contributed by atoms with Crippen LogP contribution < -0.4 is 4.74 Å². The molecule has 0 aliphatic carbocycles. The van der Waals surface area contributed by atoms with Gasteiger partial charge in [0.2, 0.25) is 0 Å². The molecule has 0 aliphatic rings. The smallest absolute Gasteiger partial charge is 0.336 e. The normalized spacial score (nSPS) is 11.8. The molecule has 0 saturated carbocycles. The molecule has 0 N–H and O–H groups in total. The number of benzene rings is 5. The third kappa shape index (κ3) is 2.98. The Morgan fingerprint density at radius 2 is 1.57 bits per heavy atom. The number of carbonyl (C=O) groups is 1. The van der Waals surface area contributed by atoms with E-state index in [1.807, 2.05) is 31.2 Å². The minimum absolute atomic E-state index is 0.373. The SMILES string of the molecule is Cc1c(OC(=O)C=Cc2ccc(F)c(F)c2)cc2ccc3cccc4ccc1c2c34. The van der Waals surface area contributed by atoms with Crippen molar-refractivity contribution in [2.24, 2.45) is 0 Å². The number of hydrogen-bond acceptors (Lipinski definition) is 2. The summed E-state index contributed by atoms with van der Waals surface area (Å²) in [7, 11) is 0. The molecule has 0 unspecified atom stereocenters. The highest BCUT2D eigenvalue weighted by atomic mass is 19.2. The highest BCUT2D eigenvalue weighted by Gasteiger charge is 2.14. The van der Waals surface area contributed by atoms with E-state index in [4.69, 9.17) is 4.74 Å². The number of esters is 1. The Bertz CT molecular complexity index is 1450. The molecule has 0 atom stereocenters. The second-order valence-electron chi connectivity index (χ2n) is 7.28. The summed E-state index contributed by atoms with van der Waals surface area (Å²) in [4.78, 5) is 12.4. The van der Waals surface area contributed by atoms with Gasteiger partial charge in [-0.3, -0.25) is 0 Å². The average molecular weight is 398 g/mol. The lowest BCUT2D eigenvalue weighted by molar-refractivity contribution is -0.128. The molecule has 2 nitrogen and oxygen atoms in total. The van der Waals surface area contributed by atoms with Gasteiger partial charge in [0.05, 0.1) is 0 Å². The maximum Gasteiger partial charge on any atom is 0.336 e. The molecule has 0 spiro atoms. The molecule has 4 heteroatoms. The van der Waals surface area contributed by atoms with Gasteiger partial charge in [0, 0.05) is 6.08 Å². The van der Waals surface area contributed by atoms with E-state index in [0.29, 0.717) is 11.3 Å². The number of hydrogen-bond donors (Lipinski definition) is 0. The van der Waals surface area contributed by atoms with Crippen LogP contribution in [-0.4, -0.2) is 5.97 Å². The van der Waals surface area contributed by atoms with E-state index >= 15 is 0 Å². The second kappa shape index (κ2) is 6.92. The first-order valence-electron chi connectivity index (χ1n) is 9.53. The quantitative estimate of drug-likeness (QED) is 0.145. The summed E-state index contributed by atoms with van der Waals surface area (Å²) in [6.45, 7) is 1.92. The Morgan fingerprint density at radius 3 is 2.33 bits per heavy atom. The molecule has 5 aromatic carbocycles. The zero-order valence-corrected chi connectivity index (χ0v) is 16.1. The van der Waals surface area contributed by atoms with Crippen LogP contribution in [0, 0.1) is 18.6 Å². The van der Waals surface area contributed by atoms with Crippen molar-refractivity contribution in [2.75, 3.05) is 0 Å². The molecule has 0 fully saturated rings. The molecule has 0 bridgehead atoms. The van der Waals surface area contributed by atoms with Crippen molar-refractivity contribution in [2.45, 2.75) is 6.92 Å². The number of halogens is 2. The molecule has 146 valence electrons. The zero-order valence-electron chi connectivity index (χ0n) is 16.1. The monoisotopic (exact) mass is 398 g/mol. The van der Waals surface area contributed by atoms with Crippen LogP contribution in [0.4, 0.5) is 8.78 Å². The van der Waals surface area contributed by atoms with E-state index in [-0.39, 0.29) is 0 Å². The van der Waals surface area contributed by atoms with Gasteiger partial charge in [-0.15, -0.1) is 0 Å². The predicted octanol–water partition coefficient (Wildman–Crippen LogP) is 6.79. The van der Waals surface area contributed by atoms with Crippen molar-refractivity contribution in [1.29, 1.82) is 0 Å². The Hall–Kier alpha value is -3.79. The first-order valence-corrected chi connectivity index (χ1v) is 9.53. The van der Waals surface area contributed by atoms with Crippen molar-refractivity contribution in [3.63, 3.8) is 0 Å². The topological polar surface area (TPSA) is 26.3 Å². The third-order valence-electron chi connectivity index (χ3n) is 5.44. The van der Waals surface area contributed by atoms with Crippen molar-refractivity contribution >= 4 is 44.4 Å². The number of ether oxygens (including phenoxy) is 1. The van der Waals surface area contributed by atoms with Gasteiger partial charge in [-0.1, -0.05) is 48.5 Å². The van der Waals surface area contributed by atoms with Crippen LogP contribution in [0.5, 0.6) is 5.75 Å². The van der Waals surface area contributed by atoms with E-state index in [1.165, 1.54) is 34.4 Å². The molecule has 5 rings (SSSR count). The Balaban J connectivity index is 1.52. The zero-order chi connectivity index (χ0) is 20.8. The summed E-state index contributed by atoms with van der Waals surface area (Å²) >= 11 is 0. The van der Waals surface area contributed by atoms with Gasteiger partial charge in [0.15, 0.2) is 11.6 Å². The van der Waals surface area contributed by atoms with Crippen LogP contribution in [0.2, 0.25) is 0 Å². The fraction of sp³-hybridized carbons (Fsp3) is 0.0385. The van der Waals surface area contributed by atoms with Crippen molar-refractivity contribution in [3.05, 3.63) is 95.6 Å². The van der Waals surface area contributed by atoms with Crippen molar-refractivity contribution in [3.8, 4) is 5.75 Å². The maximum atomic E-state index is 13.3. The molecule has 5 aromatic rings. The third-order valence-corrected chi connectivity index (χ3v) is 5.44. The minimum atomic E-state index is -0.964. The van der Waals surface area contributed by atoms with Gasteiger partial charge in [0.25, 0.3) is 0 Å². The van der Waals surface area contributed by atoms with Crippen LogP contribution in [0.25, 0.3) is 38.4 Å². The number of carbonyl (C=O) groups excluding carboxylic acids is 1. The molecular weight excluding hydrogens is 382 g/mol. The molecule has 0 amide bonds. The van der Waals surface area contributed by atoms with Crippen LogP contribution in [0.3, 0.4) is 0 Å². The summed E-state index contributed by atoms with van der Waals surface area (Å²) < 4.78 is 31.9. The summed E-state index contributed by atoms with van der Waals surface area (Å²) in [6.07, 6.45) is 2.60. The summed E-state index contributed by atoms with van der Waals surface area (Å²) in [5, 5.41) is 6.72. The predicted molar refractivity (Wildman–Crippen MR) is 116 cm³/mol. The average Bonchev–Trinajstić information content (AvgIpc) is 2.75. The summed E-state index contributed by atoms with van der Waals surface area (Å²) in [5.74, 6) is -2.01. The van der Waals surface area contributed by atoms with Crippen LogP contribution in [0.15, 0.2) is 72.8 Å². The minimum Gasteiger partial charge on any atom is -0.423 e. The lowest BCUT2D eigenvalue weighted by Crippen LogP contribution is -2.05. The van der Waals surface area contributed by atoms with Gasteiger partial charge < -0.3 is 4.74 Å². The Morgan fingerprint density at radius 1 is 0.833 bits per heavy atom. The van der Waals surface area contributed by atoms with E-state index in [1.54, 1.807) is 0 Å².